The summed E-state index contributed by atoms with van der Waals surface area (Å²) >= 11 is 0. The number of halogens is 6. The van der Waals surface area contributed by atoms with Crippen molar-refractivity contribution in [3.05, 3.63) is 117 Å². The first-order valence-corrected chi connectivity index (χ1v) is 22.2. The van der Waals surface area contributed by atoms with E-state index in [4.69, 9.17) is 25.1 Å². The number of alkyl halides is 6. The number of hydrogen-bond donors (Lipinski definition) is 1. The highest BCUT2D eigenvalue weighted by atomic mass is 19.4. The average Bonchev–Trinajstić information content (AvgIpc) is 3.94. The molecule has 1 N–H and O–H groups in total. The molecule has 8 rings (SSSR count). The zero-order chi connectivity index (χ0) is 46.1. The third-order valence-electron chi connectivity index (χ3n) is 11.8. The fraction of sp³-hybridized carbons (Fsp3) is 0.449. The van der Waals surface area contributed by atoms with E-state index in [1.807, 2.05) is 26.0 Å². The molecule has 0 spiro atoms. The molecule has 2 aliphatic rings. The van der Waals surface area contributed by atoms with E-state index < -0.39 is 23.7 Å². The Hall–Kier alpha value is -5.95. The molecule has 0 amide bonds. The minimum absolute atomic E-state index is 0.0270. The van der Waals surface area contributed by atoms with Crippen molar-refractivity contribution in [3.63, 3.8) is 0 Å². The zero-order valence-corrected chi connectivity index (χ0v) is 36.6. The summed E-state index contributed by atoms with van der Waals surface area (Å²) in [6.45, 7) is 15.9. The first-order valence-electron chi connectivity index (χ1n) is 22.2. The van der Waals surface area contributed by atoms with Crippen LogP contribution in [-0.2, 0) is 51.2 Å². The number of aliphatic hydroxyl groups excluding tert-OH is 1. The number of hydrogen-bond acceptors (Lipinski definition) is 9. The second-order valence-corrected chi connectivity index (χ2v) is 16.4. The maximum atomic E-state index is 13.2. The average molecular weight is 906 g/mol. The fourth-order valence-corrected chi connectivity index (χ4v) is 8.82. The Morgan fingerprint density at radius 1 is 0.677 bits per heavy atom. The van der Waals surface area contributed by atoms with Gasteiger partial charge in [0.25, 0.3) is 0 Å². The van der Waals surface area contributed by atoms with Gasteiger partial charge in [-0.2, -0.15) is 26.3 Å². The SMILES string of the molecule is CCCc1c(OCCCN2CCCc3cc(CO)ccc32)ccc2c(C(F)(F)F)noc12.[C-]#[N+]Cc1ccc2c(c1)CCCN2CCCOc1ccc2c(C(F)(F)F)noc2c1CCC. The lowest BCUT2D eigenvalue weighted by atomic mass is 9.99. The van der Waals surface area contributed by atoms with Crippen LogP contribution in [0.4, 0.5) is 37.7 Å². The van der Waals surface area contributed by atoms with Crippen LogP contribution in [0.25, 0.3) is 26.8 Å². The summed E-state index contributed by atoms with van der Waals surface area (Å²) in [4.78, 5) is 8.13. The maximum absolute atomic E-state index is 13.2. The van der Waals surface area contributed by atoms with Gasteiger partial charge in [-0.05, 0) is 117 Å². The van der Waals surface area contributed by atoms with Crippen molar-refractivity contribution in [2.75, 3.05) is 49.2 Å². The molecule has 2 aromatic heterocycles. The van der Waals surface area contributed by atoms with Crippen LogP contribution < -0.4 is 19.3 Å². The molecule has 2 aliphatic heterocycles. The van der Waals surface area contributed by atoms with Crippen molar-refractivity contribution in [1.82, 2.24) is 10.3 Å². The molecule has 0 atom stereocenters. The molecule has 65 heavy (non-hydrogen) atoms. The van der Waals surface area contributed by atoms with E-state index in [9.17, 15) is 31.4 Å². The quantitative estimate of drug-likeness (QED) is 0.0578. The number of aromatic nitrogens is 2. The highest BCUT2D eigenvalue weighted by Crippen LogP contribution is 2.40. The number of nitrogens with zero attached hydrogens (tertiary/aromatic N) is 5. The molecular weight excluding hydrogens is 853 g/mol. The number of rotatable bonds is 16. The van der Waals surface area contributed by atoms with Gasteiger partial charge in [-0.25, -0.2) is 6.57 Å². The molecule has 346 valence electrons. The summed E-state index contributed by atoms with van der Waals surface area (Å²) in [5, 5.41) is 15.8. The molecule has 16 heteroatoms. The van der Waals surface area contributed by atoms with Crippen LogP contribution in [0, 0.1) is 6.57 Å². The Kier molecular flexibility index (Phi) is 15.1. The van der Waals surface area contributed by atoms with Crippen LogP contribution >= 0.6 is 0 Å². The monoisotopic (exact) mass is 905 g/mol. The van der Waals surface area contributed by atoms with Crippen molar-refractivity contribution in [1.29, 1.82) is 0 Å². The Balaban J connectivity index is 0.000000194. The molecule has 10 nitrogen and oxygen atoms in total. The normalized spacial score (nSPS) is 13.9. The lowest BCUT2D eigenvalue weighted by molar-refractivity contribution is -0.142. The van der Waals surface area contributed by atoms with Crippen LogP contribution in [0.3, 0.4) is 0 Å². The highest BCUT2D eigenvalue weighted by molar-refractivity contribution is 5.86. The topological polar surface area (TPSA) is 102 Å². The molecule has 0 fully saturated rings. The van der Waals surface area contributed by atoms with Gasteiger partial charge in [0.2, 0.25) is 6.54 Å². The highest BCUT2D eigenvalue weighted by Gasteiger charge is 2.39. The van der Waals surface area contributed by atoms with Crippen LogP contribution in [0.5, 0.6) is 11.5 Å². The second-order valence-electron chi connectivity index (χ2n) is 16.4. The predicted molar refractivity (Wildman–Crippen MR) is 236 cm³/mol. The third-order valence-corrected chi connectivity index (χ3v) is 11.8. The van der Waals surface area contributed by atoms with Crippen molar-refractivity contribution in [2.24, 2.45) is 0 Å². The van der Waals surface area contributed by atoms with Gasteiger partial charge in [0.1, 0.15) is 11.5 Å². The van der Waals surface area contributed by atoms with Crippen LogP contribution in [0.1, 0.15) is 97.1 Å². The van der Waals surface area contributed by atoms with E-state index in [0.717, 1.165) is 88.7 Å². The standard InChI is InChI=1S/C25H26F3N3O2.C24H27F3N2O3/c1-3-6-19-22(11-9-20-23(19)33-30-24(20)25(26,27)28)32-14-5-13-31-12-4-7-18-15-17(16-29-2)8-10-21(18)31;1-2-5-18-21(10-8-19-22(18)32-28-23(19)24(25,26)27)31-13-4-12-29-11-3-6-17-14-16(15-30)7-9-20(17)29/h8-11,15H,3-7,12-14,16H2,1H3;7-10,14,30H,2-6,11-13,15H2,1H3. The van der Waals surface area contributed by atoms with E-state index in [1.54, 1.807) is 12.1 Å². The van der Waals surface area contributed by atoms with Gasteiger partial charge in [0.05, 0.1) is 30.6 Å². The summed E-state index contributed by atoms with van der Waals surface area (Å²) in [5.41, 5.74) is 6.50. The second kappa shape index (κ2) is 20.9. The predicted octanol–water partition coefficient (Wildman–Crippen LogP) is 12.0. The van der Waals surface area contributed by atoms with Crippen LogP contribution in [0.15, 0.2) is 69.7 Å². The van der Waals surface area contributed by atoms with Crippen molar-refractivity contribution < 1.29 is 50.0 Å². The number of fused-ring (bicyclic) bond motifs is 4. The third kappa shape index (κ3) is 11.0. The van der Waals surface area contributed by atoms with Crippen LogP contribution in [0.2, 0.25) is 0 Å². The van der Waals surface area contributed by atoms with E-state index in [0.29, 0.717) is 55.2 Å². The maximum Gasteiger partial charge on any atom is 0.437 e. The molecule has 0 saturated heterocycles. The largest absolute Gasteiger partial charge is 0.493 e. The Morgan fingerprint density at radius 2 is 1.14 bits per heavy atom. The molecule has 4 heterocycles. The van der Waals surface area contributed by atoms with Gasteiger partial charge in [-0.1, -0.05) is 49.1 Å². The lowest BCUT2D eigenvalue weighted by Crippen LogP contribution is -2.31. The van der Waals surface area contributed by atoms with Gasteiger partial charge in [-0.15, -0.1) is 0 Å². The number of anilines is 2. The Bertz CT molecular complexity index is 2600. The number of aliphatic hydroxyl groups is 1. The minimum Gasteiger partial charge on any atom is -0.493 e. The van der Waals surface area contributed by atoms with E-state index in [2.05, 4.69) is 49.2 Å². The molecule has 0 radical (unpaired) electrons. The first kappa shape index (κ1) is 47.0. The Labute approximate surface area is 373 Å². The molecule has 4 aromatic carbocycles. The summed E-state index contributed by atoms with van der Waals surface area (Å²) < 4.78 is 101. The minimum atomic E-state index is -4.56. The smallest absolute Gasteiger partial charge is 0.437 e. The van der Waals surface area contributed by atoms with Crippen molar-refractivity contribution in [3.8, 4) is 11.5 Å². The van der Waals surface area contributed by atoms with E-state index >= 15 is 0 Å². The number of ether oxygens (including phenoxy) is 2. The summed E-state index contributed by atoms with van der Waals surface area (Å²) in [6.07, 6.45) is -0.816. The van der Waals surface area contributed by atoms with E-state index in [-0.39, 0.29) is 28.5 Å². The van der Waals surface area contributed by atoms with Crippen LogP contribution in [-0.4, -0.2) is 54.8 Å². The summed E-state index contributed by atoms with van der Waals surface area (Å²) in [7, 11) is 0. The fourth-order valence-electron chi connectivity index (χ4n) is 8.82. The number of benzene rings is 4. The molecule has 0 saturated carbocycles. The van der Waals surface area contributed by atoms with E-state index in [1.165, 1.54) is 34.6 Å². The lowest BCUT2D eigenvalue weighted by Gasteiger charge is -2.31. The molecular formula is C49H53F6N5O5. The first-order chi connectivity index (χ1) is 31.3. The number of aryl methyl sites for hydroxylation is 4. The summed E-state index contributed by atoms with van der Waals surface area (Å²) in [5.74, 6) is 1.10. The van der Waals surface area contributed by atoms with Crippen molar-refractivity contribution >= 4 is 33.3 Å². The molecule has 0 unspecified atom stereocenters. The van der Waals surface area contributed by atoms with Gasteiger partial charge in [-0.3, -0.25) is 0 Å². The Morgan fingerprint density at radius 3 is 1.57 bits per heavy atom. The van der Waals surface area contributed by atoms with Gasteiger partial charge in [0.15, 0.2) is 22.6 Å². The van der Waals surface area contributed by atoms with Gasteiger partial charge in [0, 0.05) is 54.2 Å². The zero-order valence-electron chi connectivity index (χ0n) is 36.6. The van der Waals surface area contributed by atoms with Gasteiger partial charge < -0.3 is 38.3 Å². The molecule has 0 aliphatic carbocycles. The molecule has 6 aromatic rings. The molecule has 0 bridgehead atoms. The summed E-state index contributed by atoms with van der Waals surface area (Å²) in [6, 6.07) is 18.3. The van der Waals surface area contributed by atoms with Crippen molar-refractivity contribution in [2.45, 2.75) is 104 Å². The van der Waals surface area contributed by atoms with Gasteiger partial charge >= 0.3 is 12.4 Å².